The van der Waals surface area contributed by atoms with E-state index in [1.54, 1.807) is 0 Å². The summed E-state index contributed by atoms with van der Waals surface area (Å²) in [5, 5.41) is 8.98. The van der Waals surface area contributed by atoms with Crippen LogP contribution in [0.1, 0.15) is 44.9 Å². The van der Waals surface area contributed by atoms with Gasteiger partial charge in [0.15, 0.2) is 0 Å². The lowest BCUT2D eigenvalue weighted by Crippen LogP contribution is -2.35. The third-order valence-electron chi connectivity index (χ3n) is 3.05. The molecule has 1 aliphatic carbocycles. The highest BCUT2D eigenvalue weighted by Crippen LogP contribution is 2.43. The summed E-state index contributed by atoms with van der Waals surface area (Å²) in [5.74, 6) is -1.29. The number of carbonyl (C=O) groups is 1. The molecule has 1 rings (SSSR count). The van der Waals surface area contributed by atoms with Crippen LogP contribution in [0.2, 0.25) is 0 Å². The van der Waals surface area contributed by atoms with Crippen molar-refractivity contribution in [3.05, 3.63) is 0 Å². The molecule has 0 saturated heterocycles. The zero-order valence-corrected chi connectivity index (χ0v) is 8.44. The Bertz CT molecular complexity index is 227. The van der Waals surface area contributed by atoms with E-state index in [4.69, 9.17) is 5.11 Å². The second-order valence-corrected chi connectivity index (χ2v) is 4.29. The number of hydrogen-bond acceptors (Lipinski definition) is 1. The molecular weight excluding hydrogens is 209 g/mol. The Morgan fingerprint density at radius 3 is 1.93 bits per heavy atom. The number of carboxylic acid groups (broad SMARTS) is 1. The van der Waals surface area contributed by atoms with E-state index in [1.807, 2.05) is 0 Å². The third kappa shape index (κ3) is 3.39. The zero-order valence-electron chi connectivity index (χ0n) is 8.44. The van der Waals surface area contributed by atoms with E-state index in [-0.39, 0.29) is 12.8 Å². The van der Waals surface area contributed by atoms with Crippen LogP contribution in [0.5, 0.6) is 0 Å². The Hall–Kier alpha value is -0.740. The van der Waals surface area contributed by atoms with E-state index in [2.05, 4.69) is 0 Å². The van der Waals surface area contributed by atoms with Crippen molar-refractivity contribution < 1.29 is 23.1 Å². The van der Waals surface area contributed by atoms with E-state index in [1.165, 1.54) is 0 Å². The maximum Gasteiger partial charge on any atom is 0.390 e. The van der Waals surface area contributed by atoms with Crippen molar-refractivity contribution in [2.75, 3.05) is 0 Å². The molecule has 0 aromatic rings. The first-order valence-corrected chi connectivity index (χ1v) is 5.16. The highest BCUT2D eigenvalue weighted by molar-refractivity contribution is 5.74. The second-order valence-electron chi connectivity index (χ2n) is 4.29. The van der Waals surface area contributed by atoms with Crippen molar-refractivity contribution in [1.29, 1.82) is 0 Å². The monoisotopic (exact) mass is 224 g/mol. The molecule has 0 aromatic heterocycles. The van der Waals surface area contributed by atoms with Gasteiger partial charge in [-0.25, -0.2) is 0 Å². The van der Waals surface area contributed by atoms with Crippen molar-refractivity contribution in [3.8, 4) is 0 Å². The molecule has 1 saturated carbocycles. The molecule has 0 spiro atoms. The Balaban J connectivity index is 2.81. The smallest absolute Gasteiger partial charge is 0.390 e. The summed E-state index contributed by atoms with van der Waals surface area (Å²) >= 11 is 0. The van der Waals surface area contributed by atoms with Crippen LogP contribution < -0.4 is 0 Å². The molecule has 0 bridgehead atoms. The lowest BCUT2D eigenvalue weighted by atomic mass is 9.77. The predicted octanol–water partition coefficient (Wildman–Crippen LogP) is 3.36. The van der Waals surface area contributed by atoms with Crippen LogP contribution in [0.3, 0.4) is 0 Å². The van der Waals surface area contributed by atoms with Gasteiger partial charge in [0.25, 0.3) is 0 Å². The number of aliphatic carboxylic acids is 1. The normalized spacial score (nSPS) is 22.1. The van der Waals surface area contributed by atoms with Crippen molar-refractivity contribution in [2.24, 2.45) is 5.41 Å². The van der Waals surface area contributed by atoms with E-state index >= 15 is 0 Å². The summed E-state index contributed by atoms with van der Waals surface area (Å²) in [6.07, 6.45) is -2.41. The maximum atomic E-state index is 12.3. The van der Waals surface area contributed by atoms with E-state index < -0.39 is 24.0 Å². The Labute approximate surface area is 86.5 Å². The number of alkyl halides is 3. The van der Waals surface area contributed by atoms with Crippen molar-refractivity contribution in [1.82, 2.24) is 0 Å². The van der Waals surface area contributed by atoms with Crippen LogP contribution in [0, 0.1) is 5.41 Å². The molecule has 0 atom stereocenters. The molecule has 15 heavy (non-hydrogen) atoms. The molecule has 5 heteroatoms. The van der Waals surface area contributed by atoms with Crippen molar-refractivity contribution in [2.45, 2.75) is 51.1 Å². The van der Waals surface area contributed by atoms with E-state index in [0.29, 0.717) is 12.8 Å². The highest BCUT2D eigenvalue weighted by atomic mass is 19.4. The molecule has 88 valence electrons. The van der Waals surface area contributed by atoms with Gasteiger partial charge in [0, 0.05) is 0 Å². The average molecular weight is 224 g/mol. The van der Waals surface area contributed by atoms with Crippen LogP contribution in [0.25, 0.3) is 0 Å². The summed E-state index contributed by atoms with van der Waals surface area (Å²) in [6, 6.07) is 0. The van der Waals surface area contributed by atoms with Crippen LogP contribution in [0.15, 0.2) is 0 Å². The fourth-order valence-corrected chi connectivity index (χ4v) is 2.26. The van der Waals surface area contributed by atoms with Crippen LogP contribution in [0.4, 0.5) is 13.2 Å². The number of halogens is 3. The van der Waals surface area contributed by atoms with Gasteiger partial charge in [-0.3, -0.25) is 4.79 Å². The molecule has 0 aliphatic heterocycles. The fourth-order valence-electron chi connectivity index (χ4n) is 2.26. The number of carboxylic acids is 1. The van der Waals surface area contributed by atoms with Gasteiger partial charge in [0.2, 0.25) is 0 Å². The Morgan fingerprint density at radius 1 is 1.13 bits per heavy atom. The number of rotatable bonds is 2. The molecule has 1 N–H and O–H groups in total. The first kappa shape index (κ1) is 12.3. The minimum absolute atomic E-state index is 0.155. The average Bonchev–Trinajstić information content (AvgIpc) is 2.28. The number of hydrogen-bond donors (Lipinski definition) is 1. The SMILES string of the molecule is O=C(O)C1(CC(F)(F)F)CCCCCC1. The Morgan fingerprint density at radius 2 is 1.60 bits per heavy atom. The standard InChI is InChI=1S/C10H15F3O2/c11-10(12,13)7-9(8(14)15)5-3-1-2-4-6-9/h1-7H2,(H,14,15). The van der Waals surface area contributed by atoms with Gasteiger partial charge in [0.05, 0.1) is 11.8 Å². The van der Waals surface area contributed by atoms with Crippen LogP contribution in [-0.4, -0.2) is 17.3 Å². The van der Waals surface area contributed by atoms with E-state index in [0.717, 1.165) is 12.8 Å². The van der Waals surface area contributed by atoms with E-state index in [9.17, 15) is 18.0 Å². The lowest BCUT2D eigenvalue weighted by Gasteiger charge is -2.28. The zero-order chi connectivity index (χ0) is 11.5. The van der Waals surface area contributed by atoms with Gasteiger partial charge in [-0.2, -0.15) is 13.2 Å². The maximum absolute atomic E-state index is 12.3. The minimum atomic E-state index is -4.39. The summed E-state index contributed by atoms with van der Waals surface area (Å²) in [4.78, 5) is 11.0. The van der Waals surface area contributed by atoms with Gasteiger partial charge in [-0.1, -0.05) is 25.7 Å². The summed E-state index contributed by atoms with van der Waals surface area (Å²) in [7, 11) is 0. The third-order valence-corrected chi connectivity index (χ3v) is 3.05. The molecule has 0 unspecified atom stereocenters. The highest BCUT2D eigenvalue weighted by Gasteiger charge is 2.47. The molecule has 0 aromatic carbocycles. The topological polar surface area (TPSA) is 37.3 Å². The molecule has 0 amide bonds. The van der Waals surface area contributed by atoms with Gasteiger partial charge < -0.3 is 5.11 Å². The molecule has 0 heterocycles. The second kappa shape index (κ2) is 4.41. The van der Waals surface area contributed by atoms with Gasteiger partial charge in [-0.15, -0.1) is 0 Å². The molecule has 2 nitrogen and oxygen atoms in total. The van der Waals surface area contributed by atoms with Gasteiger partial charge in [0.1, 0.15) is 0 Å². The van der Waals surface area contributed by atoms with Crippen molar-refractivity contribution in [3.63, 3.8) is 0 Å². The summed E-state index contributed by atoms with van der Waals surface area (Å²) in [5.41, 5.74) is -1.56. The fraction of sp³-hybridized carbons (Fsp3) is 0.900. The van der Waals surface area contributed by atoms with Crippen molar-refractivity contribution >= 4 is 5.97 Å². The largest absolute Gasteiger partial charge is 0.481 e. The summed E-state index contributed by atoms with van der Waals surface area (Å²) < 4.78 is 36.9. The summed E-state index contributed by atoms with van der Waals surface area (Å²) in [6.45, 7) is 0. The quantitative estimate of drug-likeness (QED) is 0.730. The minimum Gasteiger partial charge on any atom is -0.481 e. The Kier molecular flexibility index (Phi) is 3.62. The first-order chi connectivity index (χ1) is 6.86. The van der Waals surface area contributed by atoms with Crippen LogP contribution in [-0.2, 0) is 4.79 Å². The van der Waals surface area contributed by atoms with Gasteiger partial charge in [-0.05, 0) is 12.8 Å². The molecule has 1 aliphatic rings. The van der Waals surface area contributed by atoms with Gasteiger partial charge >= 0.3 is 12.1 Å². The first-order valence-electron chi connectivity index (χ1n) is 5.16. The molecule has 1 fully saturated rings. The predicted molar refractivity (Wildman–Crippen MR) is 48.4 cm³/mol. The molecular formula is C10H15F3O2. The lowest BCUT2D eigenvalue weighted by molar-refractivity contribution is -0.180. The van der Waals surface area contributed by atoms with Crippen LogP contribution >= 0.6 is 0 Å². The molecule has 0 radical (unpaired) electrons.